The SMILES string of the molecule is CCCCCC1COC(CCc2ccc3c(F)c(CCc4cc(F)c(F)c(F)c4)ccc3c2)OC1. The standard InChI is InChI=1S/C29H32F4O2/c1-2-3-4-5-21-17-34-27(35-18-21)13-8-19-7-12-24-23(14-19)11-10-22(28(24)32)9-6-20-15-25(30)29(33)26(31)16-20/h7,10-12,14-16,21,27H,2-6,8-9,13,17-18H2,1H3. The van der Waals surface area contributed by atoms with Crippen molar-refractivity contribution in [3.8, 4) is 0 Å². The largest absolute Gasteiger partial charge is 0.352 e. The molecule has 0 unspecified atom stereocenters. The fourth-order valence-corrected chi connectivity index (χ4v) is 4.65. The highest BCUT2D eigenvalue weighted by molar-refractivity contribution is 5.84. The Morgan fingerprint density at radius 1 is 0.743 bits per heavy atom. The highest BCUT2D eigenvalue weighted by Crippen LogP contribution is 2.26. The Kier molecular flexibility index (Phi) is 8.79. The molecule has 3 aromatic rings. The fraction of sp³-hybridized carbons (Fsp3) is 0.448. The van der Waals surface area contributed by atoms with Crippen LogP contribution in [0.15, 0.2) is 42.5 Å². The maximum Gasteiger partial charge on any atom is 0.194 e. The summed E-state index contributed by atoms with van der Waals surface area (Å²) in [6, 6.07) is 11.1. The summed E-state index contributed by atoms with van der Waals surface area (Å²) in [5, 5.41) is 1.30. The van der Waals surface area contributed by atoms with Crippen LogP contribution in [0.5, 0.6) is 0 Å². The molecule has 0 radical (unpaired) electrons. The van der Waals surface area contributed by atoms with E-state index in [4.69, 9.17) is 9.47 Å². The lowest BCUT2D eigenvalue weighted by atomic mass is 9.98. The summed E-state index contributed by atoms with van der Waals surface area (Å²) in [7, 11) is 0. The second-order valence-electron chi connectivity index (χ2n) is 9.46. The lowest BCUT2D eigenvalue weighted by molar-refractivity contribution is -0.203. The highest BCUT2D eigenvalue weighted by atomic mass is 19.2. The molecule has 4 rings (SSSR count). The molecule has 2 nitrogen and oxygen atoms in total. The van der Waals surface area contributed by atoms with Crippen molar-refractivity contribution in [2.24, 2.45) is 5.92 Å². The Morgan fingerprint density at radius 3 is 2.20 bits per heavy atom. The number of hydrogen-bond donors (Lipinski definition) is 0. The van der Waals surface area contributed by atoms with Gasteiger partial charge in [0, 0.05) is 17.7 Å². The van der Waals surface area contributed by atoms with E-state index in [1.54, 1.807) is 12.1 Å². The third-order valence-electron chi connectivity index (χ3n) is 6.75. The van der Waals surface area contributed by atoms with Gasteiger partial charge < -0.3 is 9.47 Å². The van der Waals surface area contributed by atoms with Gasteiger partial charge in [-0.15, -0.1) is 0 Å². The van der Waals surface area contributed by atoms with Gasteiger partial charge in [0.2, 0.25) is 0 Å². The summed E-state index contributed by atoms with van der Waals surface area (Å²) in [5.41, 5.74) is 1.82. The summed E-state index contributed by atoms with van der Waals surface area (Å²) >= 11 is 0. The molecule has 0 aliphatic carbocycles. The van der Waals surface area contributed by atoms with Crippen molar-refractivity contribution in [1.82, 2.24) is 0 Å². The quantitative estimate of drug-likeness (QED) is 0.166. The first kappa shape index (κ1) is 25.6. The number of halogens is 4. The summed E-state index contributed by atoms with van der Waals surface area (Å²) in [6.45, 7) is 3.70. The van der Waals surface area contributed by atoms with Gasteiger partial charge in [0.1, 0.15) is 5.82 Å². The average molecular weight is 489 g/mol. The second-order valence-corrected chi connectivity index (χ2v) is 9.46. The molecule has 0 saturated carbocycles. The van der Waals surface area contributed by atoms with E-state index in [0.717, 1.165) is 55.6 Å². The molecule has 0 aromatic heterocycles. The van der Waals surface area contributed by atoms with Gasteiger partial charge in [-0.1, -0.05) is 56.5 Å². The Bertz CT molecular complexity index is 1120. The lowest BCUT2D eigenvalue weighted by Crippen LogP contribution is -2.32. The van der Waals surface area contributed by atoms with Crippen LogP contribution >= 0.6 is 0 Å². The zero-order valence-corrected chi connectivity index (χ0v) is 20.1. The van der Waals surface area contributed by atoms with Crippen molar-refractivity contribution in [2.45, 2.75) is 64.6 Å². The molecule has 0 amide bonds. The van der Waals surface area contributed by atoms with Crippen LogP contribution in [-0.4, -0.2) is 19.5 Å². The van der Waals surface area contributed by atoms with Crippen molar-refractivity contribution < 1.29 is 27.0 Å². The zero-order chi connectivity index (χ0) is 24.8. The third kappa shape index (κ3) is 6.62. The van der Waals surface area contributed by atoms with E-state index in [9.17, 15) is 13.2 Å². The molecule has 1 heterocycles. The zero-order valence-electron chi connectivity index (χ0n) is 20.1. The maximum absolute atomic E-state index is 15.1. The van der Waals surface area contributed by atoms with Crippen LogP contribution in [0.1, 0.15) is 55.7 Å². The predicted molar refractivity (Wildman–Crippen MR) is 129 cm³/mol. The number of benzene rings is 3. The smallest absolute Gasteiger partial charge is 0.194 e. The van der Waals surface area contributed by atoms with Crippen molar-refractivity contribution >= 4 is 10.8 Å². The number of aryl methyl sites for hydroxylation is 3. The molecular formula is C29H32F4O2. The maximum atomic E-state index is 15.1. The van der Waals surface area contributed by atoms with Crippen molar-refractivity contribution in [3.63, 3.8) is 0 Å². The van der Waals surface area contributed by atoms with Crippen molar-refractivity contribution in [2.75, 3.05) is 13.2 Å². The first-order valence-electron chi connectivity index (χ1n) is 12.5. The molecule has 1 aliphatic rings. The molecule has 0 atom stereocenters. The molecule has 0 bridgehead atoms. The van der Waals surface area contributed by atoms with Crippen LogP contribution in [-0.2, 0) is 28.7 Å². The molecule has 1 saturated heterocycles. The molecule has 35 heavy (non-hydrogen) atoms. The van der Waals surface area contributed by atoms with E-state index in [2.05, 4.69) is 6.92 Å². The van der Waals surface area contributed by atoms with Gasteiger partial charge in [0.15, 0.2) is 23.7 Å². The van der Waals surface area contributed by atoms with Crippen LogP contribution in [0.4, 0.5) is 17.6 Å². The second kappa shape index (κ2) is 12.0. The van der Waals surface area contributed by atoms with Gasteiger partial charge >= 0.3 is 0 Å². The first-order valence-corrected chi connectivity index (χ1v) is 12.5. The third-order valence-corrected chi connectivity index (χ3v) is 6.75. The Morgan fingerprint density at radius 2 is 1.49 bits per heavy atom. The molecule has 3 aromatic carbocycles. The molecule has 188 valence electrons. The average Bonchev–Trinajstić information content (AvgIpc) is 2.86. The monoisotopic (exact) mass is 488 g/mol. The van der Waals surface area contributed by atoms with Gasteiger partial charge in [-0.3, -0.25) is 0 Å². The Hall–Kier alpha value is -2.44. The first-order chi connectivity index (χ1) is 16.9. The lowest BCUT2D eigenvalue weighted by Gasteiger charge is -2.29. The molecule has 6 heteroatoms. The predicted octanol–water partition coefficient (Wildman–Crippen LogP) is 7.68. The van der Waals surface area contributed by atoms with E-state index in [1.807, 2.05) is 18.2 Å². The molecule has 1 fully saturated rings. The van der Waals surface area contributed by atoms with Gasteiger partial charge in [-0.2, -0.15) is 0 Å². The summed E-state index contributed by atoms with van der Waals surface area (Å²) in [4.78, 5) is 0. The minimum Gasteiger partial charge on any atom is -0.352 e. The van der Waals surface area contributed by atoms with Crippen LogP contribution in [0, 0.1) is 29.2 Å². The molecule has 0 N–H and O–H groups in total. The van der Waals surface area contributed by atoms with Crippen LogP contribution in [0.2, 0.25) is 0 Å². The van der Waals surface area contributed by atoms with Gasteiger partial charge in [0.05, 0.1) is 13.2 Å². The minimum atomic E-state index is -1.49. The number of rotatable bonds is 10. The molecular weight excluding hydrogens is 456 g/mol. The summed E-state index contributed by atoms with van der Waals surface area (Å²) in [5.74, 6) is -3.82. The van der Waals surface area contributed by atoms with E-state index < -0.39 is 17.5 Å². The molecule has 0 spiro atoms. The molecule has 1 aliphatic heterocycles. The van der Waals surface area contributed by atoms with Crippen LogP contribution < -0.4 is 0 Å². The van der Waals surface area contributed by atoms with Gasteiger partial charge in [-0.25, -0.2) is 17.6 Å². The number of unbranched alkanes of at least 4 members (excludes halogenated alkanes) is 2. The van der Waals surface area contributed by atoms with E-state index >= 15 is 4.39 Å². The van der Waals surface area contributed by atoms with Crippen LogP contribution in [0.25, 0.3) is 10.8 Å². The van der Waals surface area contributed by atoms with Crippen LogP contribution in [0.3, 0.4) is 0 Å². The number of hydrogen-bond acceptors (Lipinski definition) is 2. The number of fused-ring (bicyclic) bond motifs is 1. The topological polar surface area (TPSA) is 18.5 Å². The van der Waals surface area contributed by atoms with Crippen molar-refractivity contribution in [3.05, 3.63) is 82.4 Å². The highest BCUT2D eigenvalue weighted by Gasteiger charge is 2.22. The minimum absolute atomic E-state index is 0.201. The van der Waals surface area contributed by atoms with Gasteiger partial charge in [-0.05, 0) is 59.9 Å². The number of ether oxygens (including phenoxy) is 2. The summed E-state index contributed by atoms with van der Waals surface area (Å²) < 4.78 is 66.9. The van der Waals surface area contributed by atoms with Crippen molar-refractivity contribution in [1.29, 1.82) is 0 Å². The Labute approximate surface area is 204 Å². The van der Waals surface area contributed by atoms with E-state index in [0.29, 0.717) is 16.9 Å². The normalized spacial score (nSPS) is 18.3. The van der Waals surface area contributed by atoms with E-state index in [1.165, 1.54) is 19.3 Å². The summed E-state index contributed by atoms with van der Waals surface area (Å²) in [6.07, 6.45) is 6.61. The van der Waals surface area contributed by atoms with E-state index in [-0.39, 0.29) is 30.5 Å². The Balaban J connectivity index is 1.32. The fourth-order valence-electron chi connectivity index (χ4n) is 4.65. The van der Waals surface area contributed by atoms with Gasteiger partial charge in [0.25, 0.3) is 0 Å².